The molecule has 152 valence electrons. The summed E-state index contributed by atoms with van der Waals surface area (Å²) >= 11 is 12.2. The minimum atomic E-state index is -0.267. The first-order valence-electron chi connectivity index (χ1n) is 9.04. The highest BCUT2D eigenvalue weighted by atomic mass is 35.5. The molecular formula is C20H17Cl2N7O. The molecule has 0 fully saturated rings. The summed E-state index contributed by atoms with van der Waals surface area (Å²) in [7, 11) is 1.70. The molecule has 1 atom stereocenters. The maximum Gasteiger partial charge on any atom is 0.289 e. The first kappa shape index (κ1) is 20.0. The number of fused-ring (bicyclic) bond motifs is 2. The molecular weight excluding hydrogens is 425 g/mol. The number of aromatic amines is 1. The highest BCUT2D eigenvalue weighted by Crippen LogP contribution is 2.26. The predicted octanol–water partition coefficient (Wildman–Crippen LogP) is 3.40. The van der Waals surface area contributed by atoms with Crippen molar-refractivity contribution in [1.82, 2.24) is 29.5 Å². The Bertz CT molecular complexity index is 1330. The van der Waals surface area contributed by atoms with Crippen LogP contribution in [0.25, 0.3) is 16.7 Å². The van der Waals surface area contributed by atoms with E-state index in [-0.39, 0.29) is 17.8 Å². The fraction of sp³-hybridized carbons (Fsp3) is 0.200. The second kappa shape index (κ2) is 7.86. The molecule has 0 aliphatic carbocycles. The van der Waals surface area contributed by atoms with E-state index in [4.69, 9.17) is 28.9 Å². The largest absolute Gasteiger partial charge is 0.396 e. The van der Waals surface area contributed by atoms with Gasteiger partial charge in [0.1, 0.15) is 11.2 Å². The highest BCUT2D eigenvalue weighted by Gasteiger charge is 2.21. The topological polar surface area (TPSA) is 105 Å². The van der Waals surface area contributed by atoms with Crippen LogP contribution in [-0.4, -0.2) is 48.5 Å². The SMILES string of the molecule is C[C@@H](CC#Cc1cnc2c(N)ccnn12)N(C)C(=O)c1nc2c(Cl)cc(Cl)cc2[nH]1. The van der Waals surface area contributed by atoms with Crippen molar-refractivity contribution in [1.29, 1.82) is 0 Å². The van der Waals surface area contributed by atoms with Crippen molar-refractivity contribution in [3.8, 4) is 11.8 Å². The first-order chi connectivity index (χ1) is 14.3. The van der Waals surface area contributed by atoms with Crippen LogP contribution < -0.4 is 5.73 Å². The van der Waals surface area contributed by atoms with E-state index in [0.29, 0.717) is 44.5 Å². The van der Waals surface area contributed by atoms with E-state index >= 15 is 0 Å². The van der Waals surface area contributed by atoms with Crippen LogP contribution in [0, 0.1) is 11.8 Å². The number of hydrogen-bond donors (Lipinski definition) is 2. The monoisotopic (exact) mass is 441 g/mol. The van der Waals surface area contributed by atoms with Crippen LogP contribution in [0.5, 0.6) is 0 Å². The molecule has 10 heteroatoms. The van der Waals surface area contributed by atoms with Crippen molar-refractivity contribution in [3.63, 3.8) is 0 Å². The van der Waals surface area contributed by atoms with E-state index in [0.717, 1.165) is 0 Å². The second-order valence-electron chi connectivity index (χ2n) is 6.81. The van der Waals surface area contributed by atoms with Crippen LogP contribution >= 0.6 is 23.2 Å². The normalized spacial score (nSPS) is 12.0. The molecule has 0 saturated heterocycles. The number of hydrogen-bond acceptors (Lipinski definition) is 5. The molecule has 0 aliphatic rings. The molecule has 0 bridgehead atoms. The molecule has 0 unspecified atom stereocenters. The fourth-order valence-electron chi connectivity index (χ4n) is 2.94. The van der Waals surface area contributed by atoms with Crippen LogP contribution in [-0.2, 0) is 0 Å². The summed E-state index contributed by atoms with van der Waals surface area (Å²) in [6.45, 7) is 1.91. The Labute approximate surface area is 182 Å². The average Bonchev–Trinajstić information content (AvgIpc) is 3.32. The second-order valence-corrected chi connectivity index (χ2v) is 7.65. The van der Waals surface area contributed by atoms with Crippen molar-refractivity contribution < 1.29 is 4.79 Å². The number of benzene rings is 1. The van der Waals surface area contributed by atoms with Gasteiger partial charge in [-0.15, -0.1) is 0 Å². The van der Waals surface area contributed by atoms with Crippen molar-refractivity contribution in [2.75, 3.05) is 12.8 Å². The summed E-state index contributed by atoms with van der Waals surface area (Å²) in [4.78, 5) is 25.9. The highest BCUT2D eigenvalue weighted by molar-refractivity contribution is 6.38. The molecule has 0 spiro atoms. The van der Waals surface area contributed by atoms with Gasteiger partial charge in [-0.05, 0) is 31.0 Å². The number of imidazole rings is 2. The van der Waals surface area contributed by atoms with Crippen LogP contribution in [0.4, 0.5) is 5.69 Å². The van der Waals surface area contributed by atoms with Crippen LogP contribution in [0.15, 0.2) is 30.6 Å². The summed E-state index contributed by atoms with van der Waals surface area (Å²) in [5.41, 5.74) is 8.71. The number of nitrogens with one attached hydrogen (secondary N) is 1. The molecule has 4 aromatic rings. The number of amides is 1. The minimum Gasteiger partial charge on any atom is -0.396 e. The van der Waals surface area contributed by atoms with Crippen LogP contribution in [0.2, 0.25) is 10.0 Å². The third-order valence-electron chi connectivity index (χ3n) is 4.74. The van der Waals surface area contributed by atoms with Gasteiger partial charge in [0.05, 0.1) is 28.6 Å². The van der Waals surface area contributed by atoms with Gasteiger partial charge in [0.2, 0.25) is 0 Å². The average molecular weight is 442 g/mol. The zero-order valence-electron chi connectivity index (χ0n) is 16.1. The fourth-order valence-corrected chi connectivity index (χ4v) is 3.47. The van der Waals surface area contributed by atoms with Gasteiger partial charge in [0.15, 0.2) is 11.5 Å². The number of halogens is 2. The Morgan fingerprint density at radius 2 is 2.20 bits per heavy atom. The van der Waals surface area contributed by atoms with Crippen molar-refractivity contribution in [3.05, 3.63) is 52.2 Å². The number of nitrogens with zero attached hydrogens (tertiary/aromatic N) is 5. The molecule has 0 aliphatic heterocycles. The third kappa shape index (κ3) is 3.65. The van der Waals surface area contributed by atoms with Crippen molar-refractivity contribution in [2.24, 2.45) is 0 Å². The minimum absolute atomic E-state index is 0.158. The van der Waals surface area contributed by atoms with Gasteiger partial charge in [0, 0.05) is 24.5 Å². The molecule has 3 heterocycles. The van der Waals surface area contributed by atoms with Gasteiger partial charge >= 0.3 is 0 Å². The molecule has 1 amide bonds. The van der Waals surface area contributed by atoms with Crippen LogP contribution in [0.1, 0.15) is 29.7 Å². The lowest BCUT2D eigenvalue weighted by atomic mass is 10.2. The number of aromatic nitrogens is 5. The maximum absolute atomic E-state index is 12.8. The van der Waals surface area contributed by atoms with E-state index in [1.54, 1.807) is 47.1 Å². The molecule has 0 radical (unpaired) electrons. The summed E-state index contributed by atoms with van der Waals surface area (Å²) in [5, 5.41) is 5.07. The lowest BCUT2D eigenvalue weighted by Gasteiger charge is -2.22. The van der Waals surface area contributed by atoms with Gasteiger partial charge in [-0.1, -0.05) is 29.1 Å². The Morgan fingerprint density at radius 1 is 1.40 bits per heavy atom. The quantitative estimate of drug-likeness (QED) is 0.474. The van der Waals surface area contributed by atoms with Gasteiger partial charge in [-0.2, -0.15) is 5.10 Å². The summed E-state index contributed by atoms with van der Waals surface area (Å²) in [5.74, 6) is 6.03. The molecule has 0 saturated carbocycles. The van der Waals surface area contributed by atoms with Gasteiger partial charge < -0.3 is 15.6 Å². The number of rotatable bonds is 3. The van der Waals surface area contributed by atoms with Crippen molar-refractivity contribution >= 4 is 51.5 Å². The molecule has 3 N–H and O–H groups in total. The molecule has 8 nitrogen and oxygen atoms in total. The summed E-state index contributed by atoms with van der Waals surface area (Å²) < 4.78 is 1.59. The van der Waals surface area contributed by atoms with Gasteiger partial charge in [-0.25, -0.2) is 14.5 Å². The Kier molecular flexibility index (Phi) is 5.24. The Balaban J connectivity index is 1.49. The summed E-state index contributed by atoms with van der Waals surface area (Å²) in [6.07, 6.45) is 3.66. The smallest absolute Gasteiger partial charge is 0.289 e. The molecule has 3 aromatic heterocycles. The number of carbonyl (C=O) groups excluding carboxylic acids is 1. The zero-order valence-corrected chi connectivity index (χ0v) is 17.7. The predicted molar refractivity (Wildman–Crippen MR) is 117 cm³/mol. The first-order valence-corrected chi connectivity index (χ1v) is 9.79. The van der Waals surface area contributed by atoms with E-state index < -0.39 is 0 Å². The number of nitrogen functional groups attached to an aromatic ring is 1. The van der Waals surface area contributed by atoms with Crippen molar-refractivity contribution in [2.45, 2.75) is 19.4 Å². The van der Waals surface area contributed by atoms with E-state index in [1.165, 1.54) is 0 Å². The number of H-pyrrole nitrogens is 1. The molecule has 1 aromatic carbocycles. The molecule has 30 heavy (non-hydrogen) atoms. The Hall–Kier alpha value is -3.28. The van der Waals surface area contributed by atoms with E-state index in [2.05, 4.69) is 31.9 Å². The number of anilines is 1. The lowest BCUT2D eigenvalue weighted by molar-refractivity contribution is 0.0735. The van der Waals surface area contributed by atoms with Gasteiger partial charge in [0.25, 0.3) is 5.91 Å². The zero-order chi connectivity index (χ0) is 21.4. The standard InChI is InChI=1S/C20H17Cl2N7O/c1-11(4-3-5-13-10-24-19-15(23)6-7-25-29(13)19)28(2)20(30)18-26-16-9-12(21)8-14(22)17(16)27-18/h6-11H,4,23H2,1-2H3,(H,26,27)/t11-/m0/s1. The number of nitrogens with two attached hydrogens (primary N) is 1. The molecule has 4 rings (SSSR count). The summed E-state index contributed by atoms with van der Waals surface area (Å²) in [6, 6.07) is 4.79. The van der Waals surface area contributed by atoms with E-state index in [9.17, 15) is 4.79 Å². The maximum atomic E-state index is 12.8. The van der Waals surface area contributed by atoms with Crippen LogP contribution in [0.3, 0.4) is 0 Å². The Morgan fingerprint density at radius 3 is 3.00 bits per heavy atom. The van der Waals surface area contributed by atoms with E-state index in [1.807, 2.05) is 6.92 Å². The van der Waals surface area contributed by atoms with Gasteiger partial charge in [-0.3, -0.25) is 4.79 Å². The third-order valence-corrected chi connectivity index (χ3v) is 5.24. The lowest BCUT2D eigenvalue weighted by Crippen LogP contribution is -2.35. The number of carbonyl (C=O) groups is 1.